The lowest BCUT2D eigenvalue weighted by atomic mass is 9.95. The van der Waals surface area contributed by atoms with Crippen molar-refractivity contribution in [3.63, 3.8) is 0 Å². The quantitative estimate of drug-likeness (QED) is 0.922. The predicted molar refractivity (Wildman–Crippen MR) is 79.9 cm³/mol. The molecule has 2 aromatic carbocycles. The third-order valence-electron chi connectivity index (χ3n) is 3.35. The van der Waals surface area contributed by atoms with Gasteiger partial charge in [-0.2, -0.15) is 0 Å². The van der Waals surface area contributed by atoms with Gasteiger partial charge in [-0.25, -0.2) is 4.39 Å². The largest absolute Gasteiger partial charge is 0.496 e. The average molecular weight is 294 g/mol. The van der Waals surface area contributed by atoms with E-state index < -0.39 is 0 Å². The number of aryl methyl sites for hydroxylation is 2. The van der Waals surface area contributed by atoms with Gasteiger partial charge in [0.15, 0.2) is 0 Å². The van der Waals surface area contributed by atoms with Crippen molar-refractivity contribution in [1.29, 1.82) is 0 Å². The fourth-order valence-corrected chi connectivity index (χ4v) is 2.44. The standard InChI is InChI=1S/C16H17ClFNO/c1-9-6-11(7-10(2)15(9)18)16(19)13-5-4-12(17)8-14(13)20-3/h4-8,16H,19H2,1-3H3. The van der Waals surface area contributed by atoms with E-state index in [1.165, 1.54) is 0 Å². The van der Waals surface area contributed by atoms with Gasteiger partial charge in [-0.15, -0.1) is 0 Å². The van der Waals surface area contributed by atoms with Crippen molar-refractivity contribution in [2.24, 2.45) is 5.73 Å². The van der Waals surface area contributed by atoms with Gasteiger partial charge in [0, 0.05) is 10.6 Å². The van der Waals surface area contributed by atoms with Gasteiger partial charge in [-0.3, -0.25) is 0 Å². The van der Waals surface area contributed by atoms with Crippen molar-refractivity contribution in [2.75, 3.05) is 7.11 Å². The Morgan fingerprint density at radius 2 is 1.75 bits per heavy atom. The van der Waals surface area contributed by atoms with E-state index in [2.05, 4.69) is 0 Å². The monoisotopic (exact) mass is 293 g/mol. The Balaban J connectivity index is 2.48. The van der Waals surface area contributed by atoms with Crippen LogP contribution in [0.5, 0.6) is 5.75 Å². The summed E-state index contributed by atoms with van der Waals surface area (Å²) < 4.78 is 19.0. The number of nitrogens with two attached hydrogens (primary N) is 1. The van der Waals surface area contributed by atoms with Crippen LogP contribution in [0, 0.1) is 19.7 Å². The lowest BCUT2D eigenvalue weighted by molar-refractivity contribution is 0.408. The summed E-state index contributed by atoms with van der Waals surface area (Å²) in [7, 11) is 1.57. The summed E-state index contributed by atoms with van der Waals surface area (Å²) in [5.41, 5.74) is 9.13. The summed E-state index contributed by atoms with van der Waals surface area (Å²) in [6.45, 7) is 3.47. The average Bonchev–Trinajstić information content (AvgIpc) is 2.43. The maximum absolute atomic E-state index is 13.7. The Hall–Kier alpha value is -1.58. The minimum Gasteiger partial charge on any atom is -0.496 e. The van der Waals surface area contributed by atoms with Crippen molar-refractivity contribution in [3.8, 4) is 5.75 Å². The summed E-state index contributed by atoms with van der Waals surface area (Å²) in [4.78, 5) is 0. The number of methoxy groups -OCH3 is 1. The number of benzene rings is 2. The molecule has 0 spiro atoms. The molecule has 0 saturated carbocycles. The molecule has 0 amide bonds. The molecule has 2 rings (SSSR count). The summed E-state index contributed by atoms with van der Waals surface area (Å²) >= 11 is 5.95. The van der Waals surface area contributed by atoms with Crippen LogP contribution < -0.4 is 10.5 Å². The number of hydrogen-bond acceptors (Lipinski definition) is 2. The molecular formula is C16H17ClFNO. The normalized spacial score (nSPS) is 12.3. The van der Waals surface area contributed by atoms with E-state index in [9.17, 15) is 4.39 Å². The van der Waals surface area contributed by atoms with Gasteiger partial charge in [0.05, 0.1) is 13.2 Å². The first-order chi connectivity index (χ1) is 9.43. The van der Waals surface area contributed by atoms with Crippen LogP contribution >= 0.6 is 11.6 Å². The van der Waals surface area contributed by atoms with E-state index in [1.807, 2.05) is 6.07 Å². The molecule has 0 bridgehead atoms. The van der Waals surface area contributed by atoms with Crippen molar-refractivity contribution in [1.82, 2.24) is 0 Å². The number of hydrogen-bond donors (Lipinski definition) is 1. The molecule has 0 fully saturated rings. The number of halogens is 2. The summed E-state index contributed by atoms with van der Waals surface area (Å²) in [6.07, 6.45) is 0. The molecule has 1 atom stereocenters. The van der Waals surface area contributed by atoms with E-state index >= 15 is 0 Å². The number of rotatable bonds is 3. The molecule has 0 aliphatic rings. The van der Waals surface area contributed by atoms with Gasteiger partial charge in [-0.05, 0) is 42.7 Å². The zero-order valence-electron chi connectivity index (χ0n) is 11.7. The van der Waals surface area contributed by atoms with Gasteiger partial charge in [0.25, 0.3) is 0 Å². The fraction of sp³-hybridized carbons (Fsp3) is 0.250. The van der Waals surface area contributed by atoms with Crippen LogP contribution in [-0.2, 0) is 0 Å². The van der Waals surface area contributed by atoms with E-state index in [0.717, 1.165) is 11.1 Å². The molecule has 2 nitrogen and oxygen atoms in total. The molecule has 20 heavy (non-hydrogen) atoms. The van der Waals surface area contributed by atoms with Crippen molar-refractivity contribution >= 4 is 11.6 Å². The second kappa shape index (κ2) is 5.81. The molecule has 0 radical (unpaired) electrons. The minimum absolute atomic E-state index is 0.191. The van der Waals surface area contributed by atoms with E-state index in [4.69, 9.17) is 22.1 Å². The van der Waals surface area contributed by atoms with Crippen molar-refractivity contribution in [3.05, 3.63) is 63.4 Å². The van der Waals surface area contributed by atoms with Gasteiger partial charge < -0.3 is 10.5 Å². The van der Waals surface area contributed by atoms with Crippen molar-refractivity contribution < 1.29 is 9.13 Å². The van der Waals surface area contributed by atoms with E-state index in [1.54, 1.807) is 45.2 Å². The highest BCUT2D eigenvalue weighted by molar-refractivity contribution is 6.30. The lowest BCUT2D eigenvalue weighted by Gasteiger charge is -2.18. The Labute approximate surface area is 123 Å². The van der Waals surface area contributed by atoms with Crippen LogP contribution in [0.3, 0.4) is 0 Å². The van der Waals surface area contributed by atoms with Crippen molar-refractivity contribution in [2.45, 2.75) is 19.9 Å². The van der Waals surface area contributed by atoms with Crippen LogP contribution in [0.4, 0.5) is 4.39 Å². The third-order valence-corrected chi connectivity index (χ3v) is 3.58. The van der Waals surface area contributed by atoms with Crippen LogP contribution in [-0.4, -0.2) is 7.11 Å². The molecular weight excluding hydrogens is 277 g/mol. The molecule has 4 heteroatoms. The maximum Gasteiger partial charge on any atom is 0.129 e. The smallest absolute Gasteiger partial charge is 0.129 e. The molecule has 0 aromatic heterocycles. The molecule has 0 saturated heterocycles. The summed E-state index contributed by atoms with van der Waals surface area (Å²) in [6, 6.07) is 8.46. The molecule has 1 unspecified atom stereocenters. The molecule has 0 aliphatic carbocycles. The first-order valence-corrected chi connectivity index (χ1v) is 6.67. The Kier molecular flexibility index (Phi) is 4.31. The third kappa shape index (κ3) is 2.79. The Morgan fingerprint density at radius 1 is 1.15 bits per heavy atom. The topological polar surface area (TPSA) is 35.2 Å². The van der Waals surface area contributed by atoms with Crippen LogP contribution in [0.15, 0.2) is 30.3 Å². The maximum atomic E-state index is 13.7. The highest BCUT2D eigenvalue weighted by atomic mass is 35.5. The van der Waals surface area contributed by atoms with Crippen LogP contribution in [0.2, 0.25) is 5.02 Å². The van der Waals surface area contributed by atoms with E-state index in [-0.39, 0.29) is 11.9 Å². The van der Waals surface area contributed by atoms with Crippen LogP contribution in [0.1, 0.15) is 28.3 Å². The van der Waals surface area contributed by atoms with Gasteiger partial charge in [0.1, 0.15) is 11.6 Å². The molecule has 0 aliphatic heterocycles. The van der Waals surface area contributed by atoms with Gasteiger partial charge in [-0.1, -0.05) is 29.8 Å². The zero-order chi connectivity index (χ0) is 14.9. The first-order valence-electron chi connectivity index (χ1n) is 6.29. The summed E-state index contributed by atoms with van der Waals surface area (Å²) in [5.74, 6) is 0.439. The first kappa shape index (κ1) is 14.8. The second-order valence-electron chi connectivity index (χ2n) is 4.83. The number of ether oxygens (including phenoxy) is 1. The van der Waals surface area contributed by atoms with Crippen LogP contribution in [0.25, 0.3) is 0 Å². The Morgan fingerprint density at radius 3 is 2.30 bits per heavy atom. The highest BCUT2D eigenvalue weighted by Crippen LogP contribution is 2.32. The molecule has 0 heterocycles. The summed E-state index contributed by atoms with van der Waals surface area (Å²) in [5, 5.41) is 0.587. The second-order valence-corrected chi connectivity index (χ2v) is 5.27. The minimum atomic E-state index is -0.389. The lowest BCUT2D eigenvalue weighted by Crippen LogP contribution is -2.14. The molecule has 2 N–H and O–H groups in total. The zero-order valence-corrected chi connectivity index (χ0v) is 12.5. The fourth-order valence-electron chi connectivity index (χ4n) is 2.28. The van der Waals surface area contributed by atoms with Gasteiger partial charge >= 0.3 is 0 Å². The SMILES string of the molecule is COc1cc(Cl)ccc1C(N)c1cc(C)c(F)c(C)c1. The predicted octanol–water partition coefficient (Wildman–Crippen LogP) is 4.15. The molecule has 106 valence electrons. The van der Waals surface area contributed by atoms with Gasteiger partial charge in [0.2, 0.25) is 0 Å². The molecule has 2 aromatic rings. The van der Waals surface area contributed by atoms with E-state index in [0.29, 0.717) is 21.9 Å². The highest BCUT2D eigenvalue weighted by Gasteiger charge is 2.16. The Bertz CT molecular complexity index is 619.